The lowest BCUT2D eigenvalue weighted by atomic mass is 9.83. The van der Waals surface area contributed by atoms with Crippen LogP contribution in [0.4, 0.5) is 0 Å². The monoisotopic (exact) mass is 350 g/mol. The van der Waals surface area contributed by atoms with Gasteiger partial charge in [-0.2, -0.15) is 0 Å². The number of fused-ring (bicyclic) bond motifs is 2. The van der Waals surface area contributed by atoms with Gasteiger partial charge in [0.25, 0.3) is 0 Å². The number of hydrogen-bond acceptors (Lipinski definition) is 4. The molecular formula is C22H22O4. The molecule has 3 rings (SSSR count). The third-order valence-corrected chi connectivity index (χ3v) is 4.50. The van der Waals surface area contributed by atoms with Crippen LogP contribution in [0.2, 0.25) is 0 Å². The van der Waals surface area contributed by atoms with Crippen LogP contribution in [0.5, 0.6) is 0 Å². The van der Waals surface area contributed by atoms with Crippen molar-refractivity contribution >= 4 is 11.9 Å². The topological polar surface area (TPSA) is 52.6 Å². The van der Waals surface area contributed by atoms with Gasteiger partial charge in [-0.15, -0.1) is 6.58 Å². The van der Waals surface area contributed by atoms with Gasteiger partial charge in [0, 0.05) is 19.4 Å². The molecular weight excluding hydrogens is 328 g/mol. The highest BCUT2D eigenvalue weighted by molar-refractivity contribution is 5.72. The standard InChI is InChI=1S/C22H22O4/c1-4-9-19-17-11-6-5-10-16(17)18-12-7-8-13-20(18)22(26-15(3)24)21(19)25-14(2)23/h4,6-8,11-13,20H,1,5,9-10H2,2-3H3. The number of hydrogen-bond donors (Lipinski definition) is 0. The molecule has 4 nitrogen and oxygen atoms in total. The second kappa shape index (κ2) is 7.56. The van der Waals surface area contributed by atoms with Crippen molar-refractivity contribution in [3.63, 3.8) is 0 Å². The third kappa shape index (κ3) is 3.40. The Morgan fingerprint density at radius 1 is 1.19 bits per heavy atom. The highest BCUT2D eigenvalue weighted by Crippen LogP contribution is 2.44. The first-order valence-corrected chi connectivity index (χ1v) is 8.73. The Hall–Kier alpha value is -2.88. The van der Waals surface area contributed by atoms with E-state index in [4.69, 9.17) is 9.47 Å². The molecule has 26 heavy (non-hydrogen) atoms. The Balaban J connectivity index is 2.34. The van der Waals surface area contributed by atoms with E-state index in [0.717, 1.165) is 29.6 Å². The number of allylic oxidation sites excluding steroid dienone is 10. The van der Waals surface area contributed by atoms with E-state index >= 15 is 0 Å². The van der Waals surface area contributed by atoms with Crippen LogP contribution in [0.25, 0.3) is 0 Å². The number of esters is 2. The molecule has 0 radical (unpaired) electrons. The number of ether oxygens (including phenoxy) is 2. The van der Waals surface area contributed by atoms with Gasteiger partial charge in [-0.05, 0) is 36.0 Å². The lowest BCUT2D eigenvalue weighted by Crippen LogP contribution is -2.16. The van der Waals surface area contributed by atoms with Gasteiger partial charge in [0.1, 0.15) is 0 Å². The zero-order chi connectivity index (χ0) is 18.7. The lowest BCUT2D eigenvalue weighted by Gasteiger charge is -2.23. The minimum Gasteiger partial charge on any atom is -0.426 e. The molecule has 0 spiro atoms. The average Bonchev–Trinajstić information content (AvgIpc) is 2.71. The van der Waals surface area contributed by atoms with Crippen molar-refractivity contribution in [3.8, 4) is 0 Å². The predicted molar refractivity (Wildman–Crippen MR) is 99.6 cm³/mol. The molecule has 0 aromatic carbocycles. The van der Waals surface area contributed by atoms with Crippen LogP contribution < -0.4 is 0 Å². The van der Waals surface area contributed by atoms with Crippen molar-refractivity contribution in [2.45, 2.75) is 33.1 Å². The van der Waals surface area contributed by atoms with Crippen LogP contribution in [0, 0.1) is 5.92 Å². The van der Waals surface area contributed by atoms with Crippen LogP contribution in [0.1, 0.15) is 33.1 Å². The normalized spacial score (nSPS) is 21.2. The van der Waals surface area contributed by atoms with Crippen LogP contribution in [0.3, 0.4) is 0 Å². The molecule has 3 aliphatic carbocycles. The zero-order valence-corrected chi connectivity index (χ0v) is 15.1. The summed E-state index contributed by atoms with van der Waals surface area (Å²) >= 11 is 0. The Bertz CT molecular complexity index is 843. The molecule has 0 fully saturated rings. The molecule has 0 aliphatic heterocycles. The molecule has 0 bridgehead atoms. The van der Waals surface area contributed by atoms with Crippen LogP contribution in [-0.2, 0) is 19.1 Å². The summed E-state index contributed by atoms with van der Waals surface area (Å²) in [5, 5.41) is 0. The van der Waals surface area contributed by atoms with E-state index in [0.29, 0.717) is 17.9 Å². The summed E-state index contributed by atoms with van der Waals surface area (Å²) in [5.74, 6) is -0.473. The second-order valence-electron chi connectivity index (χ2n) is 6.36. The zero-order valence-electron chi connectivity index (χ0n) is 15.1. The van der Waals surface area contributed by atoms with Gasteiger partial charge in [0.05, 0.1) is 5.92 Å². The van der Waals surface area contributed by atoms with Crippen LogP contribution in [-0.4, -0.2) is 11.9 Å². The van der Waals surface area contributed by atoms with E-state index in [1.807, 2.05) is 24.3 Å². The maximum Gasteiger partial charge on any atom is 0.308 e. The fraction of sp³-hybridized carbons (Fsp3) is 0.273. The number of carbonyl (C=O) groups excluding carboxylic acids is 2. The maximum absolute atomic E-state index is 11.8. The van der Waals surface area contributed by atoms with Gasteiger partial charge in [0.15, 0.2) is 11.5 Å². The molecule has 0 heterocycles. The first-order chi connectivity index (χ1) is 12.5. The van der Waals surface area contributed by atoms with Crippen LogP contribution >= 0.6 is 0 Å². The molecule has 0 amide bonds. The lowest BCUT2D eigenvalue weighted by molar-refractivity contribution is -0.141. The van der Waals surface area contributed by atoms with E-state index in [1.165, 1.54) is 19.4 Å². The second-order valence-corrected chi connectivity index (χ2v) is 6.36. The van der Waals surface area contributed by atoms with E-state index < -0.39 is 11.9 Å². The van der Waals surface area contributed by atoms with Gasteiger partial charge < -0.3 is 9.47 Å². The fourth-order valence-electron chi connectivity index (χ4n) is 3.58. The van der Waals surface area contributed by atoms with Crippen molar-refractivity contribution in [1.29, 1.82) is 0 Å². The molecule has 4 heteroatoms. The molecule has 0 saturated carbocycles. The van der Waals surface area contributed by atoms with Gasteiger partial charge in [-0.1, -0.05) is 42.5 Å². The third-order valence-electron chi connectivity index (χ3n) is 4.50. The molecule has 1 unspecified atom stereocenters. The molecule has 1 atom stereocenters. The quantitative estimate of drug-likeness (QED) is 0.549. The maximum atomic E-state index is 11.8. The van der Waals surface area contributed by atoms with Gasteiger partial charge in [-0.3, -0.25) is 9.59 Å². The SMILES string of the molecule is C=CCC1=C2C=CCCC2=C2C=CC=CC2C(OC(C)=O)=C1OC(C)=O. The highest BCUT2D eigenvalue weighted by Gasteiger charge is 2.34. The largest absolute Gasteiger partial charge is 0.426 e. The average molecular weight is 350 g/mol. The Morgan fingerprint density at radius 2 is 1.96 bits per heavy atom. The molecule has 0 aromatic heterocycles. The minimum absolute atomic E-state index is 0.267. The first-order valence-electron chi connectivity index (χ1n) is 8.73. The van der Waals surface area contributed by atoms with E-state index in [9.17, 15) is 9.59 Å². The van der Waals surface area contributed by atoms with Crippen molar-refractivity contribution in [2.75, 3.05) is 0 Å². The fourth-order valence-corrected chi connectivity index (χ4v) is 3.58. The summed E-state index contributed by atoms with van der Waals surface area (Å²) in [6.07, 6.45) is 16.2. The van der Waals surface area contributed by atoms with E-state index in [-0.39, 0.29) is 5.92 Å². The molecule has 0 N–H and O–H groups in total. The number of carbonyl (C=O) groups is 2. The van der Waals surface area contributed by atoms with Gasteiger partial charge >= 0.3 is 11.9 Å². The van der Waals surface area contributed by atoms with E-state index in [1.54, 1.807) is 6.08 Å². The Kier molecular flexibility index (Phi) is 5.21. The molecule has 3 aliphatic rings. The predicted octanol–water partition coefficient (Wildman–Crippen LogP) is 4.60. The van der Waals surface area contributed by atoms with Crippen molar-refractivity contribution in [2.24, 2.45) is 5.92 Å². The van der Waals surface area contributed by atoms with E-state index in [2.05, 4.69) is 18.7 Å². The van der Waals surface area contributed by atoms with Crippen molar-refractivity contribution in [1.82, 2.24) is 0 Å². The van der Waals surface area contributed by atoms with Crippen LogP contribution in [0.15, 0.2) is 82.9 Å². The number of rotatable bonds is 4. The summed E-state index contributed by atoms with van der Waals surface area (Å²) in [6, 6.07) is 0. The summed E-state index contributed by atoms with van der Waals surface area (Å²) in [6.45, 7) is 6.54. The molecule has 0 aromatic rings. The van der Waals surface area contributed by atoms with Crippen molar-refractivity contribution in [3.05, 3.63) is 82.9 Å². The van der Waals surface area contributed by atoms with Crippen molar-refractivity contribution < 1.29 is 19.1 Å². The summed E-state index contributed by atoms with van der Waals surface area (Å²) < 4.78 is 11.2. The molecule has 134 valence electrons. The minimum atomic E-state index is -0.452. The first kappa shape index (κ1) is 17.9. The summed E-state index contributed by atoms with van der Waals surface area (Å²) in [4.78, 5) is 23.6. The smallest absolute Gasteiger partial charge is 0.308 e. The summed E-state index contributed by atoms with van der Waals surface area (Å²) in [5.41, 5.74) is 4.11. The van der Waals surface area contributed by atoms with Gasteiger partial charge in [0.2, 0.25) is 0 Å². The molecule has 0 saturated heterocycles. The summed E-state index contributed by atoms with van der Waals surface area (Å²) in [7, 11) is 0. The highest BCUT2D eigenvalue weighted by atomic mass is 16.6. The van der Waals surface area contributed by atoms with Gasteiger partial charge in [-0.25, -0.2) is 0 Å². The Morgan fingerprint density at radius 3 is 2.65 bits per heavy atom. The Labute approximate surface area is 153 Å².